The highest BCUT2D eigenvalue weighted by Gasteiger charge is 2.14. The van der Waals surface area contributed by atoms with Crippen molar-refractivity contribution in [3.63, 3.8) is 0 Å². The molecule has 0 atom stereocenters. The fourth-order valence-corrected chi connectivity index (χ4v) is 3.40. The normalized spacial score (nSPS) is 10.4. The molecule has 3 rings (SSSR count). The maximum absolute atomic E-state index is 12.7. The van der Waals surface area contributed by atoms with Crippen molar-refractivity contribution >= 4 is 61.3 Å². The van der Waals surface area contributed by atoms with Crippen LogP contribution in [-0.2, 0) is 0 Å². The van der Waals surface area contributed by atoms with Gasteiger partial charge in [0, 0.05) is 27.9 Å². The van der Waals surface area contributed by atoms with E-state index in [0.29, 0.717) is 16.8 Å². The lowest BCUT2D eigenvalue weighted by Crippen LogP contribution is -2.34. The largest absolute Gasteiger partial charge is 0.332 e. The van der Waals surface area contributed by atoms with Crippen LogP contribution in [0.25, 0.3) is 10.8 Å². The lowest BCUT2D eigenvalue weighted by molar-refractivity contribution is -0.384. The number of halogens is 1. The molecular weight excluding hydrogens is 430 g/mol. The molecule has 3 aromatic carbocycles. The van der Waals surface area contributed by atoms with E-state index in [2.05, 4.69) is 26.6 Å². The lowest BCUT2D eigenvalue weighted by atomic mass is 10.0. The summed E-state index contributed by atoms with van der Waals surface area (Å²) in [5, 5.41) is 18.2. The number of nitrogens with zero attached hydrogens (tertiary/aromatic N) is 1. The second-order valence-electron chi connectivity index (χ2n) is 5.81. The number of carbonyl (C=O) groups excluding carboxylic acids is 1. The predicted molar refractivity (Wildman–Crippen MR) is 113 cm³/mol. The van der Waals surface area contributed by atoms with Gasteiger partial charge in [0.2, 0.25) is 0 Å². The number of thiocarbonyl (C=S) groups is 1. The molecular formula is C19H14BrN3O3S. The third-order valence-corrected chi connectivity index (χ3v) is 4.91. The van der Waals surface area contributed by atoms with Crippen molar-refractivity contribution in [2.75, 3.05) is 5.32 Å². The number of nitro groups is 1. The molecule has 8 heteroatoms. The molecule has 6 nitrogen and oxygen atoms in total. The first-order chi connectivity index (χ1) is 12.9. The van der Waals surface area contributed by atoms with Gasteiger partial charge in [0.05, 0.1) is 4.92 Å². The highest BCUT2D eigenvalue weighted by atomic mass is 79.9. The number of hydrogen-bond acceptors (Lipinski definition) is 4. The summed E-state index contributed by atoms with van der Waals surface area (Å²) < 4.78 is 0.900. The van der Waals surface area contributed by atoms with Gasteiger partial charge in [-0.15, -0.1) is 0 Å². The van der Waals surface area contributed by atoms with Crippen molar-refractivity contribution in [3.8, 4) is 0 Å². The minimum absolute atomic E-state index is 0.00524. The number of carbonyl (C=O) groups is 1. The first-order valence-electron chi connectivity index (χ1n) is 7.91. The highest BCUT2D eigenvalue weighted by molar-refractivity contribution is 9.10. The number of hydrogen-bond donors (Lipinski definition) is 2. The summed E-state index contributed by atoms with van der Waals surface area (Å²) in [6.07, 6.45) is 0. The highest BCUT2D eigenvalue weighted by Crippen LogP contribution is 2.26. The summed E-state index contributed by atoms with van der Waals surface area (Å²) in [5.74, 6) is -0.337. The Morgan fingerprint density at radius 2 is 1.81 bits per heavy atom. The first kappa shape index (κ1) is 18.9. The summed E-state index contributed by atoms with van der Waals surface area (Å²) in [7, 11) is 0. The van der Waals surface area contributed by atoms with Gasteiger partial charge in [-0.25, -0.2) is 0 Å². The van der Waals surface area contributed by atoms with Crippen molar-refractivity contribution in [2.24, 2.45) is 0 Å². The molecule has 0 fully saturated rings. The molecule has 0 saturated heterocycles. The van der Waals surface area contributed by atoms with Crippen LogP contribution in [0.4, 0.5) is 11.4 Å². The third-order valence-electron chi connectivity index (χ3n) is 4.01. The van der Waals surface area contributed by atoms with Crippen LogP contribution in [0.15, 0.2) is 59.1 Å². The number of aryl methyl sites for hydroxylation is 1. The molecule has 0 aliphatic heterocycles. The molecule has 0 saturated carbocycles. The Morgan fingerprint density at radius 1 is 1.11 bits per heavy atom. The Hall–Kier alpha value is -2.84. The molecule has 0 aromatic heterocycles. The summed E-state index contributed by atoms with van der Waals surface area (Å²) >= 11 is 8.70. The summed E-state index contributed by atoms with van der Waals surface area (Å²) in [6.45, 7) is 1.72. The topological polar surface area (TPSA) is 84.3 Å². The second-order valence-corrected chi connectivity index (χ2v) is 7.07. The van der Waals surface area contributed by atoms with Crippen LogP contribution in [0.3, 0.4) is 0 Å². The molecule has 0 unspecified atom stereocenters. The van der Waals surface area contributed by atoms with Gasteiger partial charge in [0.15, 0.2) is 5.11 Å². The standard InChI is InChI=1S/C19H14BrN3O3S/c1-11-10-12(23(25)26)8-9-17(11)21-19(27)22-18(24)15-6-2-5-14-13(15)4-3-7-16(14)20/h2-10H,1H3,(H2,21,22,24,27). The van der Waals surface area contributed by atoms with Crippen LogP contribution in [0.5, 0.6) is 0 Å². The molecule has 0 aliphatic rings. The van der Waals surface area contributed by atoms with Gasteiger partial charge in [-0.3, -0.25) is 20.2 Å². The zero-order chi connectivity index (χ0) is 19.6. The molecule has 3 aromatic rings. The SMILES string of the molecule is Cc1cc([N+](=O)[O-])ccc1NC(=S)NC(=O)c1cccc2c(Br)cccc12. The summed E-state index contributed by atoms with van der Waals surface area (Å²) in [6, 6.07) is 15.5. The number of amides is 1. The number of benzene rings is 3. The summed E-state index contributed by atoms with van der Waals surface area (Å²) in [5.41, 5.74) is 1.73. The van der Waals surface area contributed by atoms with Crippen molar-refractivity contribution < 1.29 is 9.72 Å². The fraction of sp³-hybridized carbons (Fsp3) is 0.0526. The van der Waals surface area contributed by atoms with Crippen molar-refractivity contribution in [1.82, 2.24) is 5.32 Å². The van der Waals surface area contributed by atoms with E-state index in [1.165, 1.54) is 12.1 Å². The van der Waals surface area contributed by atoms with Crippen LogP contribution in [0, 0.1) is 17.0 Å². The zero-order valence-electron chi connectivity index (χ0n) is 14.2. The van der Waals surface area contributed by atoms with Crippen molar-refractivity contribution in [1.29, 1.82) is 0 Å². The van der Waals surface area contributed by atoms with Crippen LogP contribution < -0.4 is 10.6 Å². The number of fused-ring (bicyclic) bond motifs is 1. The van der Waals surface area contributed by atoms with E-state index in [1.807, 2.05) is 24.3 Å². The monoisotopic (exact) mass is 443 g/mol. The number of rotatable bonds is 3. The van der Waals surface area contributed by atoms with Crippen molar-refractivity contribution in [2.45, 2.75) is 6.92 Å². The Morgan fingerprint density at radius 3 is 2.52 bits per heavy atom. The Balaban J connectivity index is 1.78. The Bertz CT molecular complexity index is 1080. The number of anilines is 1. The summed E-state index contributed by atoms with van der Waals surface area (Å²) in [4.78, 5) is 23.0. The maximum Gasteiger partial charge on any atom is 0.269 e. The van der Waals surface area contributed by atoms with E-state index in [1.54, 1.807) is 25.1 Å². The molecule has 0 spiro atoms. The Kier molecular flexibility index (Phi) is 5.48. The van der Waals surface area contributed by atoms with E-state index in [0.717, 1.165) is 15.2 Å². The zero-order valence-corrected chi connectivity index (χ0v) is 16.6. The molecule has 27 heavy (non-hydrogen) atoms. The van der Waals surface area contributed by atoms with E-state index < -0.39 is 4.92 Å². The van der Waals surface area contributed by atoms with Gasteiger partial charge in [-0.2, -0.15) is 0 Å². The first-order valence-corrected chi connectivity index (χ1v) is 9.11. The van der Waals surface area contributed by atoms with Crippen LogP contribution >= 0.6 is 28.1 Å². The van der Waals surface area contributed by atoms with Crippen molar-refractivity contribution in [3.05, 3.63) is 80.3 Å². The maximum atomic E-state index is 12.7. The van der Waals surface area contributed by atoms with Crippen LogP contribution in [-0.4, -0.2) is 15.9 Å². The number of nitro benzene ring substituents is 1. The molecule has 136 valence electrons. The average Bonchev–Trinajstić information content (AvgIpc) is 2.63. The predicted octanol–water partition coefficient (Wildman–Crippen LogP) is 4.95. The van der Waals surface area contributed by atoms with Gasteiger partial charge < -0.3 is 5.32 Å². The average molecular weight is 444 g/mol. The van der Waals surface area contributed by atoms with Crippen LogP contribution in [0.2, 0.25) is 0 Å². The fourth-order valence-electron chi connectivity index (χ4n) is 2.70. The lowest BCUT2D eigenvalue weighted by Gasteiger charge is -2.13. The molecule has 0 heterocycles. The minimum atomic E-state index is -0.463. The molecule has 0 aliphatic carbocycles. The smallest absolute Gasteiger partial charge is 0.269 e. The van der Waals surface area contributed by atoms with Crippen LogP contribution in [0.1, 0.15) is 15.9 Å². The molecule has 0 radical (unpaired) electrons. The molecule has 2 N–H and O–H groups in total. The van der Waals surface area contributed by atoms with E-state index in [-0.39, 0.29) is 16.7 Å². The van der Waals surface area contributed by atoms with E-state index in [9.17, 15) is 14.9 Å². The number of nitrogens with one attached hydrogen (secondary N) is 2. The third kappa shape index (κ3) is 4.12. The van der Waals surface area contributed by atoms with Gasteiger partial charge >= 0.3 is 0 Å². The van der Waals surface area contributed by atoms with E-state index >= 15 is 0 Å². The second kappa shape index (κ2) is 7.81. The minimum Gasteiger partial charge on any atom is -0.332 e. The number of non-ortho nitro benzene ring substituents is 1. The molecule has 0 bridgehead atoms. The van der Waals surface area contributed by atoms with E-state index in [4.69, 9.17) is 12.2 Å². The quantitative estimate of drug-likeness (QED) is 0.340. The Labute approximate surface area is 168 Å². The van der Waals surface area contributed by atoms with Gasteiger partial charge in [-0.05, 0) is 53.7 Å². The molecule has 1 amide bonds. The van der Waals surface area contributed by atoms with Gasteiger partial charge in [0.25, 0.3) is 11.6 Å². The van der Waals surface area contributed by atoms with Gasteiger partial charge in [-0.1, -0.05) is 40.2 Å². The van der Waals surface area contributed by atoms with Gasteiger partial charge in [0.1, 0.15) is 0 Å².